The van der Waals surface area contributed by atoms with Crippen LogP contribution in [0.1, 0.15) is 35.1 Å². The lowest BCUT2D eigenvalue weighted by Gasteiger charge is -2.37. The number of nitrogens with zero attached hydrogens (tertiary/aromatic N) is 1. The van der Waals surface area contributed by atoms with Gasteiger partial charge in [0.2, 0.25) is 0 Å². The highest BCUT2D eigenvalue weighted by molar-refractivity contribution is 7.12. The van der Waals surface area contributed by atoms with Crippen LogP contribution in [0.2, 0.25) is 0 Å². The second-order valence-corrected chi connectivity index (χ2v) is 6.53. The van der Waals surface area contributed by atoms with Gasteiger partial charge in [0.15, 0.2) is 0 Å². The summed E-state index contributed by atoms with van der Waals surface area (Å²) in [5, 5.41) is 9.08. The summed E-state index contributed by atoms with van der Waals surface area (Å²) in [4.78, 5) is 5.25. The van der Waals surface area contributed by atoms with Crippen LogP contribution in [0, 0.1) is 12.8 Å². The van der Waals surface area contributed by atoms with E-state index in [4.69, 9.17) is 10.8 Å². The minimum Gasteiger partial charge on any atom is -0.396 e. The topological polar surface area (TPSA) is 49.5 Å². The van der Waals surface area contributed by atoms with Gasteiger partial charge in [-0.1, -0.05) is 0 Å². The van der Waals surface area contributed by atoms with E-state index in [-0.39, 0.29) is 0 Å². The molecule has 0 saturated carbocycles. The zero-order valence-corrected chi connectivity index (χ0v) is 12.0. The van der Waals surface area contributed by atoms with Crippen LogP contribution >= 0.6 is 11.3 Å². The Kier molecular flexibility index (Phi) is 5.18. The van der Waals surface area contributed by atoms with Gasteiger partial charge in [-0.3, -0.25) is 4.90 Å². The van der Waals surface area contributed by atoms with Crippen molar-refractivity contribution in [2.24, 2.45) is 11.7 Å². The first-order valence-corrected chi connectivity index (χ1v) is 7.67. The Hall–Kier alpha value is -0.420. The fourth-order valence-electron chi connectivity index (χ4n) is 2.88. The number of aliphatic hydroxyl groups is 1. The maximum atomic E-state index is 9.08. The molecule has 1 aromatic heterocycles. The third-order valence-corrected chi connectivity index (χ3v) is 4.94. The van der Waals surface area contributed by atoms with E-state index in [1.807, 2.05) is 11.3 Å². The molecule has 1 aliphatic rings. The van der Waals surface area contributed by atoms with Gasteiger partial charge < -0.3 is 10.8 Å². The molecule has 1 saturated heterocycles. The van der Waals surface area contributed by atoms with Crippen LogP contribution in [0.4, 0.5) is 0 Å². The van der Waals surface area contributed by atoms with Crippen LogP contribution < -0.4 is 5.73 Å². The third kappa shape index (κ3) is 3.32. The number of thiophene rings is 1. The smallest absolute Gasteiger partial charge is 0.0564 e. The molecule has 0 radical (unpaired) electrons. The first kappa shape index (κ1) is 14.0. The maximum Gasteiger partial charge on any atom is 0.0564 e. The standard InChI is InChI=1S/C14H24N2OS/c1-11-4-5-14(18-11)13(9-15)16-7-2-3-12(10-16)6-8-17/h4-5,12-13,17H,2-3,6-10,15H2,1H3. The number of likely N-dealkylation sites (tertiary alicyclic amines) is 1. The van der Waals surface area contributed by atoms with Crippen LogP contribution in [0.25, 0.3) is 0 Å². The summed E-state index contributed by atoms with van der Waals surface area (Å²) < 4.78 is 0. The predicted molar refractivity (Wildman–Crippen MR) is 76.9 cm³/mol. The van der Waals surface area contributed by atoms with Crippen molar-refractivity contribution in [2.75, 3.05) is 26.2 Å². The van der Waals surface area contributed by atoms with Crippen molar-refractivity contribution in [3.63, 3.8) is 0 Å². The molecule has 0 aromatic carbocycles. The Balaban J connectivity index is 2.03. The number of rotatable bonds is 5. The van der Waals surface area contributed by atoms with E-state index in [1.165, 1.54) is 22.6 Å². The Morgan fingerprint density at radius 1 is 1.56 bits per heavy atom. The second kappa shape index (κ2) is 6.66. The molecule has 3 N–H and O–H groups in total. The van der Waals surface area contributed by atoms with Gasteiger partial charge in [-0.2, -0.15) is 0 Å². The molecule has 0 spiro atoms. The Bertz CT molecular complexity index is 364. The molecule has 0 aliphatic carbocycles. The van der Waals surface area contributed by atoms with Gasteiger partial charge in [-0.15, -0.1) is 11.3 Å². The molecule has 4 heteroatoms. The maximum absolute atomic E-state index is 9.08. The van der Waals surface area contributed by atoms with Gasteiger partial charge in [0.05, 0.1) is 6.04 Å². The normalized spacial score (nSPS) is 23.2. The van der Waals surface area contributed by atoms with Crippen LogP contribution in [-0.4, -0.2) is 36.2 Å². The summed E-state index contributed by atoms with van der Waals surface area (Å²) in [5.41, 5.74) is 5.98. The number of hydrogen-bond donors (Lipinski definition) is 2. The summed E-state index contributed by atoms with van der Waals surface area (Å²) in [6.45, 7) is 5.36. The van der Waals surface area contributed by atoms with Gasteiger partial charge in [-0.25, -0.2) is 0 Å². The van der Waals surface area contributed by atoms with Gasteiger partial charge >= 0.3 is 0 Å². The molecule has 2 heterocycles. The van der Waals surface area contributed by atoms with Crippen LogP contribution in [0.15, 0.2) is 12.1 Å². The van der Waals surface area contributed by atoms with Crippen molar-refractivity contribution in [1.29, 1.82) is 0 Å². The van der Waals surface area contributed by atoms with Crippen molar-refractivity contribution in [2.45, 2.75) is 32.2 Å². The lowest BCUT2D eigenvalue weighted by Crippen LogP contribution is -2.41. The predicted octanol–water partition coefficient (Wildman–Crippen LogP) is 2.15. The monoisotopic (exact) mass is 268 g/mol. The summed E-state index contributed by atoms with van der Waals surface area (Å²) >= 11 is 1.86. The first-order valence-electron chi connectivity index (χ1n) is 6.86. The molecule has 18 heavy (non-hydrogen) atoms. The molecule has 2 rings (SSSR count). The average molecular weight is 268 g/mol. The summed E-state index contributed by atoms with van der Waals surface area (Å²) in [7, 11) is 0. The van der Waals surface area contributed by atoms with Gasteiger partial charge in [0.25, 0.3) is 0 Å². The zero-order chi connectivity index (χ0) is 13.0. The molecular formula is C14H24N2OS. The van der Waals surface area contributed by atoms with E-state index < -0.39 is 0 Å². The minimum atomic E-state index is 0.309. The van der Waals surface area contributed by atoms with Crippen LogP contribution in [0.3, 0.4) is 0 Å². The Morgan fingerprint density at radius 2 is 2.39 bits per heavy atom. The molecule has 1 fully saturated rings. The van der Waals surface area contributed by atoms with Gasteiger partial charge in [0, 0.05) is 29.5 Å². The zero-order valence-electron chi connectivity index (χ0n) is 11.1. The Labute approximate surface area is 114 Å². The van der Waals surface area contributed by atoms with Crippen molar-refractivity contribution < 1.29 is 5.11 Å². The van der Waals surface area contributed by atoms with E-state index >= 15 is 0 Å². The van der Waals surface area contributed by atoms with Crippen molar-refractivity contribution in [3.8, 4) is 0 Å². The number of aliphatic hydroxyl groups excluding tert-OH is 1. The fourth-order valence-corrected chi connectivity index (χ4v) is 3.90. The number of nitrogens with two attached hydrogens (primary N) is 1. The van der Waals surface area contributed by atoms with Gasteiger partial charge in [-0.05, 0) is 50.8 Å². The molecule has 3 nitrogen and oxygen atoms in total. The minimum absolute atomic E-state index is 0.309. The van der Waals surface area contributed by atoms with Crippen molar-refractivity contribution in [1.82, 2.24) is 4.90 Å². The van der Waals surface area contributed by atoms with E-state index in [9.17, 15) is 0 Å². The lowest BCUT2D eigenvalue weighted by atomic mass is 9.94. The summed E-state index contributed by atoms with van der Waals surface area (Å²) in [5.74, 6) is 0.638. The van der Waals surface area contributed by atoms with Crippen molar-refractivity contribution >= 4 is 11.3 Å². The molecule has 102 valence electrons. The molecule has 0 amide bonds. The molecule has 0 bridgehead atoms. The molecular weight excluding hydrogens is 244 g/mol. The molecule has 1 aliphatic heterocycles. The quantitative estimate of drug-likeness (QED) is 0.860. The number of aryl methyl sites for hydroxylation is 1. The number of hydrogen-bond acceptors (Lipinski definition) is 4. The van der Waals surface area contributed by atoms with Crippen molar-refractivity contribution in [3.05, 3.63) is 21.9 Å². The summed E-state index contributed by atoms with van der Waals surface area (Å²) in [6, 6.07) is 4.76. The van der Waals surface area contributed by atoms with E-state index in [0.717, 1.165) is 19.5 Å². The largest absolute Gasteiger partial charge is 0.396 e. The summed E-state index contributed by atoms with van der Waals surface area (Å²) in [6.07, 6.45) is 3.40. The lowest BCUT2D eigenvalue weighted by molar-refractivity contribution is 0.111. The molecule has 2 atom stereocenters. The second-order valence-electron chi connectivity index (χ2n) is 5.22. The highest BCUT2D eigenvalue weighted by atomic mass is 32.1. The number of piperidine rings is 1. The van der Waals surface area contributed by atoms with E-state index in [1.54, 1.807) is 0 Å². The molecule has 1 aromatic rings. The third-order valence-electron chi connectivity index (χ3n) is 3.84. The van der Waals surface area contributed by atoms with E-state index in [0.29, 0.717) is 25.1 Å². The highest BCUT2D eigenvalue weighted by Gasteiger charge is 2.26. The first-order chi connectivity index (χ1) is 8.74. The fraction of sp³-hybridized carbons (Fsp3) is 0.714. The average Bonchev–Trinajstić information content (AvgIpc) is 2.78. The van der Waals surface area contributed by atoms with Gasteiger partial charge in [0.1, 0.15) is 0 Å². The highest BCUT2D eigenvalue weighted by Crippen LogP contribution is 2.31. The molecule has 2 unspecified atom stereocenters. The Morgan fingerprint density at radius 3 is 3.00 bits per heavy atom. The van der Waals surface area contributed by atoms with E-state index in [2.05, 4.69) is 24.0 Å². The van der Waals surface area contributed by atoms with Crippen LogP contribution in [0.5, 0.6) is 0 Å². The van der Waals surface area contributed by atoms with Crippen LogP contribution in [-0.2, 0) is 0 Å². The SMILES string of the molecule is Cc1ccc(C(CN)N2CCCC(CCO)C2)s1.